The lowest BCUT2D eigenvalue weighted by molar-refractivity contribution is 0.852. The van der Waals surface area contributed by atoms with E-state index >= 15 is 0 Å². The van der Waals surface area contributed by atoms with E-state index in [9.17, 15) is 4.79 Å². The maximum absolute atomic E-state index is 11.6. The van der Waals surface area contributed by atoms with Gasteiger partial charge in [-0.15, -0.1) is 0 Å². The van der Waals surface area contributed by atoms with Gasteiger partial charge in [-0.05, 0) is 0 Å². The second-order valence-corrected chi connectivity index (χ2v) is 3.99. The first-order valence-electron chi connectivity index (χ1n) is 4.58. The molecule has 1 aromatic carbocycles. The molecule has 1 aromatic heterocycles. The van der Waals surface area contributed by atoms with Crippen molar-refractivity contribution in [3.05, 3.63) is 51.0 Å². The Morgan fingerprint density at radius 3 is 2.38 bits per heavy atom. The number of nitrogens with zero attached hydrogens (tertiary/aromatic N) is 2. The lowest BCUT2D eigenvalue weighted by Crippen LogP contribution is -2.20. The molecular formula is C11H8Cl2N2O. The van der Waals surface area contributed by atoms with E-state index in [2.05, 4.69) is 4.98 Å². The minimum atomic E-state index is -0.357. The zero-order valence-corrected chi connectivity index (χ0v) is 9.96. The SMILES string of the molecule is Cn1c(-c2ccccc2)c(Cl)nc(Cl)c1=O. The molecule has 0 atom stereocenters. The Bertz CT molecular complexity index is 579. The fraction of sp³-hybridized carbons (Fsp3) is 0.0909. The van der Waals surface area contributed by atoms with Crippen molar-refractivity contribution < 1.29 is 0 Å². The van der Waals surface area contributed by atoms with Crippen molar-refractivity contribution in [3.63, 3.8) is 0 Å². The van der Waals surface area contributed by atoms with Gasteiger partial charge in [0.05, 0.1) is 5.69 Å². The molecule has 82 valence electrons. The first-order valence-corrected chi connectivity index (χ1v) is 5.34. The number of halogens is 2. The third-order valence-corrected chi connectivity index (χ3v) is 2.77. The van der Waals surface area contributed by atoms with E-state index < -0.39 is 0 Å². The van der Waals surface area contributed by atoms with Gasteiger partial charge in [-0.1, -0.05) is 53.5 Å². The Morgan fingerprint density at radius 1 is 1.12 bits per heavy atom. The van der Waals surface area contributed by atoms with Crippen LogP contribution in [0.15, 0.2) is 35.1 Å². The Kier molecular flexibility index (Phi) is 2.99. The van der Waals surface area contributed by atoms with Crippen LogP contribution in [-0.2, 0) is 7.05 Å². The van der Waals surface area contributed by atoms with E-state index in [4.69, 9.17) is 23.2 Å². The molecule has 0 aliphatic carbocycles. The van der Waals surface area contributed by atoms with Crippen LogP contribution < -0.4 is 5.56 Å². The van der Waals surface area contributed by atoms with Gasteiger partial charge in [-0.2, -0.15) is 0 Å². The first kappa shape index (κ1) is 11.2. The number of rotatable bonds is 1. The highest BCUT2D eigenvalue weighted by Gasteiger charge is 2.12. The summed E-state index contributed by atoms with van der Waals surface area (Å²) in [5, 5.41) is 0.102. The summed E-state index contributed by atoms with van der Waals surface area (Å²) in [6, 6.07) is 9.33. The quantitative estimate of drug-likeness (QED) is 0.785. The molecule has 1 heterocycles. The van der Waals surface area contributed by atoms with Crippen molar-refractivity contribution in [1.29, 1.82) is 0 Å². The molecular weight excluding hydrogens is 247 g/mol. The molecule has 0 bridgehead atoms. The van der Waals surface area contributed by atoms with Gasteiger partial charge in [-0.3, -0.25) is 4.79 Å². The zero-order chi connectivity index (χ0) is 11.7. The Hall–Kier alpha value is -1.32. The third kappa shape index (κ3) is 1.84. The highest BCUT2D eigenvalue weighted by Crippen LogP contribution is 2.24. The van der Waals surface area contributed by atoms with Crippen molar-refractivity contribution in [2.75, 3.05) is 0 Å². The number of hydrogen-bond acceptors (Lipinski definition) is 2. The molecule has 0 N–H and O–H groups in total. The zero-order valence-electron chi connectivity index (χ0n) is 8.45. The van der Waals surface area contributed by atoms with Gasteiger partial charge in [0.1, 0.15) is 0 Å². The van der Waals surface area contributed by atoms with Gasteiger partial charge in [0.2, 0.25) is 0 Å². The summed E-state index contributed by atoms with van der Waals surface area (Å²) in [4.78, 5) is 15.4. The summed E-state index contributed by atoms with van der Waals surface area (Å²) in [5.41, 5.74) is 1.04. The fourth-order valence-corrected chi connectivity index (χ4v) is 2.05. The molecule has 0 amide bonds. The highest BCUT2D eigenvalue weighted by molar-refractivity contribution is 6.33. The largest absolute Gasteiger partial charge is 0.306 e. The summed E-state index contributed by atoms with van der Waals surface area (Å²) in [7, 11) is 1.62. The molecule has 0 fully saturated rings. The summed E-state index contributed by atoms with van der Waals surface area (Å²) >= 11 is 11.6. The summed E-state index contributed by atoms with van der Waals surface area (Å²) in [6.45, 7) is 0. The normalized spacial score (nSPS) is 10.4. The lowest BCUT2D eigenvalue weighted by atomic mass is 10.1. The number of hydrogen-bond donors (Lipinski definition) is 0. The van der Waals surface area contributed by atoms with Crippen LogP contribution in [0.3, 0.4) is 0 Å². The molecule has 2 rings (SSSR count). The summed E-state index contributed by atoms with van der Waals surface area (Å²) < 4.78 is 1.40. The monoisotopic (exact) mass is 254 g/mol. The predicted molar refractivity (Wildman–Crippen MR) is 64.9 cm³/mol. The van der Waals surface area contributed by atoms with Crippen LogP contribution in [0.25, 0.3) is 11.3 Å². The Labute approximate surface area is 102 Å². The molecule has 5 heteroatoms. The van der Waals surface area contributed by atoms with Crippen LogP contribution in [0.1, 0.15) is 0 Å². The fourth-order valence-electron chi connectivity index (χ4n) is 1.47. The number of aromatic nitrogens is 2. The van der Waals surface area contributed by atoms with Crippen LogP contribution in [0.2, 0.25) is 10.3 Å². The topological polar surface area (TPSA) is 34.9 Å². The van der Waals surface area contributed by atoms with Gasteiger partial charge in [0.25, 0.3) is 5.56 Å². The van der Waals surface area contributed by atoms with Crippen molar-refractivity contribution in [2.24, 2.45) is 7.05 Å². The van der Waals surface area contributed by atoms with Crippen molar-refractivity contribution in [2.45, 2.75) is 0 Å². The minimum Gasteiger partial charge on any atom is -0.306 e. The molecule has 16 heavy (non-hydrogen) atoms. The van der Waals surface area contributed by atoms with E-state index in [0.29, 0.717) is 5.69 Å². The maximum atomic E-state index is 11.6. The van der Waals surface area contributed by atoms with E-state index in [0.717, 1.165) is 5.56 Å². The van der Waals surface area contributed by atoms with E-state index in [-0.39, 0.29) is 15.9 Å². The molecule has 0 saturated heterocycles. The predicted octanol–water partition coefficient (Wildman–Crippen LogP) is 2.75. The standard InChI is InChI=1S/C11H8Cl2N2O/c1-15-8(7-5-3-2-4-6-7)9(12)14-10(13)11(15)16/h2-6H,1H3. The molecule has 0 spiro atoms. The van der Waals surface area contributed by atoms with Gasteiger partial charge < -0.3 is 4.57 Å². The van der Waals surface area contributed by atoms with Crippen molar-refractivity contribution >= 4 is 23.2 Å². The van der Waals surface area contributed by atoms with Gasteiger partial charge in [0.15, 0.2) is 10.3 Å². The second-order valence-electron chi connectivity index (χ2n) is 3.27. The van der Waals surface area contributed by atoms with E-state index in [1.54, 1.807) is 7.05 Å². The molecule has 0 saturated carbocycles. The average Bonchev–Trinajstić information content (AvgIpc) is 2.28. The van der Waals surface area contributed by atoms with Crippen molar-refractivity contribution in [1.82, 2.24) is 9.55 Å². The van der Waals surface area contributed by atoms with Gasteiger partial charge >= 0.3 is 0 Å². The second kappa shape index (κ2) is 4.28. The maximum Gasteiger partial charge on any atom is 0.288 e. The Balaban J connectivity index is 2.76. The smallest absolute Gasteiger partial charge is 0.288 e. The Morgan fingerprint density at radius 2 is 1.75 bits per heavy atom. The summed E-state index contributed by atoms with van der Waals surface area (Å²) in [5.74, 6) is 0. The molecule has 0 radical (unpaired) electrons. The van der Waals surface area contributed by atoms with Crippen LogP contribution in [0.5, 0.6) is 0 Å². The van der Waals surface area contributed by atoms with Gasteiger partial charge in [0, 0.05) is 12.6 Å². The van der Waals surface area contributed by atoms with E-state index in [1.165, 1.54) is 4.57 Å². The molecule has 0 unspecified atom stereocenters. The summed E-state index contributed by atoms with van der Waals surface area (Å²) in [6.07, 6.45) is 0. The van der Waals surface area contributed by atoms with Crippen LogP contribution in [-0.4, -0.2) is 9.55 Å². The number of benzene rings is 1. The van der Waals surface area contributed by atoms with Crippen LogP contribution in [0.4, 0.5) is 0 Å². The minimum absolute atomic E-state index is 0.118. The van der Waals surface area contributed by atoms with Crippen molar-refractivity contribution in [3.8, 4) is 11.3 Å². The van der Waals surface area contributed by atoms with Crippen LogP contribution >= 0.6 is 23.2 Å². The molecule has 0 aliphatic rings. The highest BCUT2D eigenvalue weighted by atomic mass is 35.5. The van der Waals surface area contributed by atoms with Crippen LogP contribution in [0, 0.1) is 0 Å². The first-order chi connectivity index (χ1) is 7.61. The lowest BCUT2D eigenvalue weighted by Gasteiger charge is -2.09. The average molecular weight is 255 g/mol. The molecule has 0 aliphatic heterocycles. The molecule has 2 aromatic rings. The third-order valence-electron chi connectivity index (χ3n) is 2.26. The van der Waals surface area contributed by atoms with Gasteiger partial charge in [-0.25, -0.2) is 4.98 Å². The van der Waals surface area contributed by atoms with E-state index in [1.807, 2.05) is 30.3 Å². The molecule has 3 nitrogen and oxygen atoms in total.